The van der Waals surface area contributed by atoms with E-state index in [1.165, 1.54) is 12.1 Å². The average molecular weight is 523 g/mol. The van der Waals surface area contributed by atoms with Gasteiger partial charge >= 0.3 is 0 Å². The summed E-state index contributed by atoms with van der Waals surface area (Å²) in [5.74, 6) is 0.0787. The second kappa shape index (κ2) is 9.84. The van der Waals surface area contributed by atoms with Gasteiger partial charge in [0.1, 0.15) is 17.3 Å². The van der Waals surface area contributed by atoms with Crippen molar-refractivity contribution in [1.82, 2.24) is 10.6 Å². The molecule has 5 rings (SSSR count). The maximum Gasteiger partial charge on any atom is 0.261 e. The summed E-state index contributed by atoms with van der Waals surface area (Å²) in [5.41, 5.74) is 0.588. The van der Waals surface area contributed by atoms with Gasteiger partial charge in [-0.1, -0.05) is 23.2 Å². The molecule has 2 bridgehead atoms. The fourth-order valence-electron chi connectivity index (χ4n) is 5.45. The summed E-state index contributed by atoms with van der Waals surface area (Å²) >= 11 is 11.6. The number of carbonyl (C=O) groups excluding carboxylic acids is 2. The fourth-order valence-corrected chi connectivity index (χ4v) is 5.75. The zero-order valence-corrected chi connectivity index (χ0v) is 20.2. The minimum absolute atomic E-state index is 0.00121. The van der Waals surface area contributed by atoms with Crippen LogP contribution in [0.2, 0.25) is 10.0 Å². The Hall–Kier alpha value is -2.55. The van der Waals surface area contributed by atoms with Crippen LogP contribution in [0, 0.1) is 17.7 Å². The number of hydrogen-bond acceptors (Lipinski definition) is 5. The molecule has 2 aliphatic carbocycles. The summed E-state index contributed by atoms with van der Waals surface area (Å²) in [4.78, 5) is 25.2. The van der Waals surface area contributed by atoms with Crippen LogP contribution >= 0.6 is 23.2 Å². The van der Waals surface area contributed by atoms with Crippen LogP contribution in [-0.2, 0) is 9.59 Å². The van der Waals surface area contributed by atoms with Crippen molar-refractivity contribution in [3.8, 4) is 11.5 Å². The summed E-state index contributed by atoms with van der Waals surface area (Å²) in [6, 6.07) is 9.02. The van der Waals surface area contributed by atoms with Crippen molar-refractivity contribution in [1.29, 1.82) is 0 Å². The van der Waals surface area contributed by atoms with E-state index in [0.29, 0.717) is 16.3 Å². The van der Waals surface area contributed by atoms with Gasteiger partial charge in [-0.15, -0.1) is 0 Å². The highest BCUT2D eigenvalue weighted by Crippen LogP contribution is 2.45. The van der Waals surface area contributed by atoms with E-state index in [9.17, 15) is 19.1 Å². The van der Waals surface area contributed by atoms with Gasteiger partial charge in [0.2, 0.25) is 0 Å². The Balaban J connectivity index is 1.09. The Labute approximate surface area is 211 Å². The van der Waals surface area contributed by atoms with Crippen molar-refractivity contribution in [2.45, 2.75) is 50.0 Å². The molecule has 3 N–H and O–H groups in total. The number of benzene rings is 2. The maximum atomic E-state index is 13.5. The predicted molar refractivity (Wildman–Crippen MR) is 127 cm³/mol. The third-order valence-electron chi connectivity index (χ3n) is 7.12. The largest absolute Gasteiger partial charge is 0.484 e. The lowest BCUT2D eigenvalue weighted by Gasteiger charge is -2.32. The highest BCUT2D eigenvalue weighted by Gasteiger charge is 2.47. The fraction of sp³-hybridized carbons (Fsp3) is 0.440. The third kappa shape index (κ3) is 5.20. The summed E-state index contributed by atoms with van der Waals surface area (Å²) < 4.78 is 24.7. The van der Waals surface area contributed by atoms with Gasteiger partial charge in [0.05, 0.1) is 11.1 Å². The molecule has 2 aromatic carbocycles. The quantitative estimate of drug-likeness (QED) is 0.536. The molecule has 1 heterocycles. The molecule has 186 valence electrons. The molecule has 2 saturated carbocycles. The van der Waals surface area contributed by atoms with E-state index in [-0.39, 0.29) is 59.5 Å². The van der Waals surface area contributed by atoms with E-state index in [4.69, 9.17) is 32.7 Å². The van der Waals surface area contributed by atoms with Crippen LogP contribution in [-0.4, -0.2) is 41.7 Å². The van der Waals surface area contributed by atoms with Crippen molar-refractivity contribution in [3.05, 3.63) is 57.8 Å². The zero-order valence-electron chi connectivity index (χ0n) is 18.7. The van der Waals surface area contributed by atoms with Crippen molar-refractivity contribution >= 4 is 35.0 Å². The standard InChI is InChI=1S/C25H25Cl2FN2O5/c26-14-1-4-22-16(8-14)21(31)10-23(35-22)25(33)30-20-7-12-5-13(20)6-19(12)29-24(32)11-34-15-2-3-17(27)18(28)9-15/h1-4,8-9,12-13,19-21,23,31H,5-7,10-11H2,(H,29,32)(H,30,33)/t12?,13?,19?,20?,21-,23-/m1/s1. The van der Waals surface area contributed by atoms with Gasteiger partial charge in [-0.3, -0.25) is 9.59 Å². The number of aliphatic hydroxyl groups is 1. The van der Waals surface area contributed by atoms with Crippen LogP contribution in [0.15, 0.2) is 36.4 Å². The normalized spacial score (nSPS) is 28.7. The molecule has 0 saturated heterocycles. The number of amides is 2. The van der Waals surface area contributed by atoms with E-state index in [1.54, 1.807) is 18.2 Å². The molecule has 2 aromatic rings. The monoisotopic (exact) mass is 522 g/mol. The van der Waals surface area contributed by atoms with Gasteiger partial charge in [0.25, 0.3) is 11.8 Å². The third-order valence-corrected chi connectivity index (χ3v) is 7.66. The Kier molecular flexibility index (Phi) is 6.79. The Morgan fingerprint density at radius 3 is 2.49 bits per heavy atom. The lowest BCUT2D eigenvalue weighted by molar-refractivity contribution is -0.131. The molecule has 35 heavy (non-hydrogen) atoms. The van der Waals surface area contributed by atoms with Crippen LogP contribution in [0.5, 0.6) is 11.5 Å². The van der Waals surface area contributed by atoms with E-state index < -0.39 is 18.0 Å². The van der Waals surface area contributed by atoms with E-state index in [1.807, 2.05) is 0 Å². The molecule has 0 spiro atoms. The zero-order chi connectivity index (χ0) is 24.7. The molecule has 7 nitrogen and oxygen atoms in total. The molecule has 6 atom stereocenters. The number of halogens is 3. The van der Waals surface area contributed by atoms with E-state index in [0.717, 1.165) is 25.3 Å². The number of ether oxygens (including phenoxy) is 2. The van der Waals surface area contributed by atoms with Crippen LogP contribution in [0.1, 0.15) is 37.4 Å². The molecule has 4 unspecified atom stereocenters. The van der Waals surface area contributed by atoms with Crippen molar-refractivity contribution < 1.29 is 28.6 Å². The summed E-state index contributed by atoms with van der Waals surface area (Å²) in [6.07, 6.45) is 0.992. The minimum atomic E-state index is -0.820. The predicted octanol–water partition coefficient (Wildman–Crippen LogP) is 3.80. The highest BCUT2D eigenvalue weighted by atomic mass is 35.5. The summed E-state index contributed by atoms with van der Waals surface area (Å²) in [5, 5.41) is 17.0. The molecule has 0 radical (unpaired) electrons. The van der Waals surface area contributed by atoms with Gasteiger partial charge in [0, 0.05) is 35.2 Å². The average Bonchev–Trinajstić information content (AvgIpc) is 3.40. The summed E-state index contributed by atoms with van der Waals surface area (Å²) in [7, 11) is 0. The van der Waals surface area contributed by atoms with Gasteiger partial charge in [-0.05, 0) is 61.4 Å². The second-order valence-electron chi connectivity index (χ2n) is 9.42. The number of rotatable bonds is 6. The molecule has 2 amide bonds. The van der Waals surface area contributed by atoms with Crippen molar-refractivity contribution in [2.75, 3.05) is 6.61 Å². The van der Waals surface area contributed by atoms with Crippen LogP contribution in [0.4, 0.5) is 4.39 Å². The van der Waals surface area contributed by atoms with E-state index >= 15 is 0 Å². The number of fused-ring (bicyclic) bond motifs is 3. The molecule has 1 aliphatic heterocycles. The lowest BCUT2D eigenvalue weighted by atomic mass is 9.90. The molecule has 0 aromatic heterocycles. The minimum Gasteiger partial charge on any atom is -0.484 e. The number of carbonyl (C=O) groups is 2. The molecule has 2 fully saturated rings. The first-order valence-electron chi connectivity index (χ1n) is 11.6. The molecular weight excluding hydrogens is 498 g/mol. The topological polar surface area (TPSA) is 96.9 Å². The van der Waals surface area contributed by atoms with Gasteiger partial charge in [-0.25, -0.2) is 4.39 Å². The molecule has 3 aliphatic rings. The Morgan fingerprint density at radius 2 is 1.77 bits per heavy atom. The van der Waals surface area contributed by atoms with E-state index in [2.05, 4.69) is 10.6 Å². The van der Waals surface area contributed by atoms with Crippen LogP contribution < -0.4 is 20.1 Å². The maximum absolute atomic E-state index is 13.5. The smallest absolute Gasteiger partial charge is 0.261 e. The number of hydrogen-bond donors (Lipinski definition) is 3. The molecule has 10 heteroatoms. The summed E-state index contributed by atoms with van der Waals surface area (Å²) in [6.45, 7) is -0.219. The first-order chi connectivity index (χ1) is 16.8. The Morgan fingerprint density at radius 1 is 1.03 bits per heavy atom. The van der Waals surface area contributed by atoms with Gasteiger partial charge < -0.3 is 25.2 Å². The Bertz CT molecular complexity index is 1150. The van der Waals surface area contributed by atoms with Gasteiger partial charge in [0.15, 0.2) is 12.7 Å². The first kappa shape index (κ1) is 24.2. The van der Waals surface area contributed by atoms with Crippen LogP contribution in [0.25, 0.3) is 0 Å². The number of nitrogens with one attached hydrogen (secondary N) is 2. The first-order valence-corrected chi connectivity index (χ1v) is 12.3. The second-order valence-corrected chi connectivity index (χ2v) is 10.3. The lowest BCUT2D eigenvalue weighted by Crippen LogP contribution is -2.50. The number of aliphatic hydroxyl groups excluding tert-OH is 1. The van der Waals surface area contributed by atoms with Crippen LogP contribution in [0.3, 0.4) is 0 Å². The van der Waals surface area contributed by atoms with Crippen molar-refractivity contribution in [3.63, 3.8) is 0 Å². The molecular formula is C25H25Cl2FN2O5. The highest BCUT2D eigenvalue weighted by molar-refractivity contribution is 6.31. The van der Waals surface area contributed by atoms with Crippen molar-refractivity contribution in [2.24, 2.45) is 11.8 Å². The SMILES string of the molecule is O=C(COc1ccc(Cl)c(F)c1)NC1CC2CC1CC2NC(=O)[C@H]1C[C@@H](O)c2cc(Cl)ccc2O1. The van der Waals surface area contributed by atoms with Gasteiger partial charge in [-0.2, -0.15) is 0 Å².